The second-order valence-corrected chi connectivity index (χ2v) is 6.64. The van der Waals surface area contributed by atoms with Crippen LogP contribution < -0.4 is 4.72 Å². The van der Waals surface area contributed by atoms with Gasteiger partial charge in [0.15, 0.2) is 0 Å². The standard InChI is InChI=1S/C12H14F3NO4S/c13-12(14,15)9-1-3-10(4-2-9)21(18,19)16-7-11(17)5-6-20-8-11/h1-4,16-17H,5-8H2. The molecule has 21 heavy (non-hydrogen) atoms. The predicted molar refractivity (Wildman–Crippen MR) is 67.0 cm³/mol. The van der Waals surface area contributed by atoms with Gasteiger partial charge in [-0.3, -0.25) is 0 Å². The van der Waals surface area contributed by atoms with E-state index in [1.54, 1.807) is 0 Å². The predicted octanol–water partition coefficient (Wildman–Crippen LogP) is 1.14. The normalized spacial score (nSPS) is 23.4. The van der Waals surface area contributed by atoms with Crippen LogP contribution in [0.15, 0.2) is 29.2 Å². The van der Waals surface area contributed by atoms with Crippen molar-refractivity contribution in [2.24, 2.45) is 0 Å². The largest absolute Gasteiger partial charge is 0.416 e. The number of nitrogens with one attached hydrogen (secondary N) is 1. The first-order chi connectivity index (χ1) is 9.62. The van der Waals surface area contributed by atoms with Crippen LogP contribution in [0.25, 0.3) is 0 Å². The SMILES string of the molecule is O=S(=O)(NCC1(O)CCOC1)c1ccc(C(F)(F)F)cc1. The highest BCUT2D eigenvalue weighted by molar-refractivity contribution is 7.89. The van der Waals surface area contributed by atoms with Gasteiger partial charge in [-0.25, -0.2) is 13.1 Å². The van der Waals surface area contributed by atoms with Gasteiger partial charge in [-0.05, 0) is 24.3 Å². The van der Waals surface area contributed by atoms with E-state index in [1.165, 1.54) is 0 Å². The maximum atomic E-state index is 12.4. The molecule has 1 saturated heterocycles. The summed E-state index contributed by atoms with van der Waals surface area (Å²) in [7, 11) is -3.98. The van der Waals surface area contributed by atoms with Crippen molar-refractivity contribution in [2.75, 3.05) is 19.8 Å². The smallest absolute Gasteiger partial charge is 0.386 e. The summed E-state index contributed by atoms with van der Waals surface area (Å²) < 4.78 is 68.3. The Hall–Kier alpha value is -1.16. The van der Waals surface area contributed by atoms with Gasteiger partial charge in [0, 0.05) is 19.6 Å². The minimum atomic E-state index is -4.52. The zero-order valence-electron chi connectivity index (χ0n) is 10.9. The zero-order valence-corrected chi connectivity index (χ0v) is 11.7. The van der Waals surface area contributed by atoms with E-state index >= 15 is 0 Å². The minimum Gasteiger partial charge on any atom is -0.386 e. The fraction of sp³-hybridized carbons (Fsp3) is 0.500. The van der Waals surface area contributed by atoms with E-state index in [4.69, 9.17) is 4.74 Å². The Kier molecular flexibility index (Phi) is 4.29. The average Bonchev–Trinajstić information content (AvgIpc) is 2.84. The number of alkyl halides is 3. The van der Waals surface area contributed by atoms with Gasteiger partial charge < -0.3 is 9.84 Å². The van der Waals surface area contributed by atoms with Crippen molar-refractivity contribution in [2.45, 2.75) is 23.1 Å². The van der Waals surface area contributed by atoms with E-state index < -0.39 is 27.4 Å². The van der Waals surface area contributed by atoms with Gasteiger partial charge in [0.1, 0.15) is 5.60 Å². The number of halogens is 3. The number of sulfonamides is 1. The first kappa shape index (κ1) is 16.2. The van der Waals surface area contributed by atoms with Crippen LogP contribution in [0.3, 0.4) is 0 Å². The van der Waals surface area contributed by atoms with E-state index in [-0.39, 0.29) is 18.0 Å². The third-order valence-corrected chi connectivity index (χ3v) is 4.58. The van der Waals surface area contributed by atoms with Crippen molar-refractivity contribution < 1.29 is 31.4 Å². The molecule has 1 aromatic rings. The molecular formula is C12H14F3NO4S. The first-order valence-electron chi connectivity index (χ1n) is 6.10. The summed E-state index contributed by atoms with van der Waals surface area (Å²) in [4.78, 5) is -0.294. The fourth-order valence-electron chi connectivity index (χ4n) is 1.87. The van der Waals surface area contributed by atoms with E-state index in [9.17, 15) is 26.7 Å². The van der Waals surface area contributed by atoms with Crippen molar-refractivity contribution >= 4 is 10.0 Å². The molecule has 2 rings (SSSR count). The summed E-state index contributed by atoms with van der Waals surface area (Å²) in [6, 6.07) is 3.14. The summed E-state index contributed by atoms with van der Waals surface area (Å²) >= 11 is 0. The monoisotopic (exact) mass is 325 g/mol. The molecule has 0 bridgehead atoms. The maximum Gasteiger partial charge on any atom is 0.416 e. The molecule has 1 fully saturated rings. The molecule has 0 spiro atoms. The molecule has 118 valence electrons. The molecule has 9 heteroatoms. The molecule has 0 amide bonds. The molecule has 0 aliphatic carbocycles. The molecule has 2 N–H and O–H groups in total. The summed E-state index contributed by atoms with van der Waals surface area (Å²) in [5.74, 6) is 0. The number of benzene rings is 1. The second kappa shape index (κ2) is 5.56. The summed E-state index contributed by atoms with van der Waals surface area (Å²) in [5, 5.41) is 9.95. The Morgan fingerprint density at radius 2 is 1.90 bits per heavy atom. The van der Waals surface area contributed by atoms with Crippen molar-refractivity contribution in [1.29, 1.82) is 0 Å². The van der Waals surface area contributed by atoms with Crippen LogP contribution in [0, 0.1) is 0 Å². The van der Waals surface area contributed by atoms with Gasteiger partial charge in [0.05, 0.1) is 17.1 Å². The van der Waals surface area contributed by atoms with Crippen LogP contribution in [0.4, 0.5) is 13.2 Å². The van der Waals surface area contributed by atoms with E-state index in [2.05, 4.69) is 4.72 Å². The highest BCUT2D eigenvalue weighted by Gasteiger charge is 2.34. The number of ether oxygens (including phenoxy) is 1. The van der Waals surface area contributed by atoms with Gasteiger partial charge in [-0.15, -0.1) is 0 Å². The van der Waals surface area contributed by atoms with Gasteiger partial charge >= 0.3 is 6.18 Å². The van der Waals surface area contributed by atoms with Crippen LogP contribution >= 0.6 is 0 Å². The molecular weight excluding hydrogens is 311 g/mol. The molecule has 1 heterocycles. The third kappa shape index (κ3) is 3.94. The topological polar surface area (TPSA) is 75.6 Å². The van der Waals surface area contributed by atoms with Crippen molar-refractivity contribution in [3.8, 4) is 0 Å². The molecule has 0 aromatic heterocycles. The average molecular weight is 325 g/mol. The van der Waals surface area contributed by atoms with Crippen LogP contribution in [0.1, 0.15) is 12.0 Å². The van der Waals surface area contributed by atoms with Crippen LogP contribution in [0.2, 0.25) is 0 Å². The van der Waals surface area contributed by atoms with Crippen LogP contribution in [0.5, 0.6) is 0 Å². The molecule has 1 aromatic carbocycles. The molecule has 0 saturated carbocycles. The Labute approximate surface area is 119 Å². The molecule has 1 aliphatic rings. The first-order valence-corrected chi connectivity index (χ1v) is 7.58. The lowest BCUT2D eigenvalue weighted by atomic mass is 10.1. The third-order valence-electron chi connectivity index (χ3n) is 3.17. The number of rotatable bonds is 4. The summed E-state index contributed by atoms with van der Waals surface area (Å²) in [6.45, 7) is 0.0946. The Bertz CT molecular complexity index is 592. The second-order valence-electron chi connectivity index (χ2n) is 4.87. The summed E-state index contributed by atoms with van der Waals surface area (Å²) in [6.07, 6.45) is -4.23. The maximum absolute atomic E-state index is 12.4. The lowest BCUT2D eigenvalue weighted by Gasteiger charge is -2.20. The Morgan fingerprint density at radius 1 is 1.29 bits per heavy atom. The highest BCUT2D eigenvalue weighted by atomic mass is 32.2. The number of hydrogen-bond acceptors (Lipinski definition) is 4. The highest BCUT2D eigenvalue weighted by Crippen LogP contribution is 2.29. The fourth-order valence-corrected chi connectivity index (χ4v) is 2.99. The van der Waals surface area contributed by atoms with Crippen LogP contribution in [-0.4, -0.2) is 38.9 Å². The van der Waals surface area contributed by atoms with Crippen molar-refractivity contribution in [1.82, 2.24) is 4.72 Å². The Morgan fingerprint density at radius 3 is 2.38 bits per heavy atom. The van der Waals surface area contributed by atoms with Gasteiger partial charge in [0.25, 0.3) is 0 Å². The van der Waals surface area contributed by atoms with Gasteiger partial charge in [-0.2, -0.15) is 13.2 Å². The van der Waals surface area contributed by atoms with Crippen LogP contribution in [-0.2, 0) is 20.9 Å². The molecule has 1 aliphatic heterocycles. The van der Waals surface area contributed by atoms with E-state index in [0.29, 0.717) is 25.2 Å². The van der Waals surface area contributed by atoms with Gasteiger partial charge in [0.2, 0.25) is 10.0 Å². The van der Waals surface area contributed by atoms with E-state index in [1.807, 2.05) is 0 Å². The molecule has 1 unspecified atom stereocenters. The molecule has 1 atom stereocenters. The number of hydrogen-bond donors (Lipinski definition) is 2. The molecule has 5 nitrogen and oxygen atoms in total. The van der Waals surface area contributed by atoms with E-state index in [0.717, 1.165) is 12.1 Å². The lowest BCUT2D eigenvalue weighted by Crippen LogP contribution is -2.43. The Balaban J connectivity index is 2.09. The van der Waals surface area contributed by atoms with Crippen molar-refractivity contribution in [3.05, 3.63) is 29.8 Å². The zero-order chi connectivity index (χ0) is 15.7. The lowest BCUT2D eigenvalue weighted by molar-refractivity contribution is -0.137. The summed E-state index contributed by atoms with van der Waals surface area (Å²) in [5.41, 5.74) is -2.21. The van der Waals surface area contributed by atoms with Crippen molar-refractivity contribution in [3.63, 3.8) is 0 Å². The minimum absolute atomic E-state index is 0.0164. The quantitative estimate of drug-likeness (QED) is 0.870. The van der Waals surface area contributed by atoms with Gasteiger partial charge in [-0.1, -0.05) is 0 Å². The number of aliphatic hydroxyl groups is 1. The molecule has 0 radical (unpaired) electrons.